The van der Waals surface area contributed by atoms with E-state index in [0.29, 0.717) is 24.6 Å². The molecule has 5 nitrogen and oxygen atoms in total. The van der Waals surface area contributed by atoms with Crippen LogP contribution >= 0.6 is 0 Å². The number of rotatable bonds is 8. The fraction of sp³-hybridized carbons (Fsp3) is 0.381. The molecule has 0 bridgehead atoms. The van der Waals surface area contributed by atoms with Crippen molar-refractivity contribution in [2.75, 3.05) is 12.8 Å². The Morgan fingerprint density at radius 1 is 1.07 bits per heavy atom. The van der Waals surface area contributed by atoms with Crippen molar-refractivity contribution in [1.82, 2.24) is 4.90 Å². The van der Waals surface area contributed by atoms with Gasteiger partial charge in [0.15, 0.2) is 0 Å². The number of carbonyl (C=O) groups is 1. The molecule has 0 spiro atoms. The van der Waals surface area contributed by atoms with Crippen LogP contribution in [0.15, 0.2) is 48.5 Å². The number of carbonyl (C=O) groups excluding carboxylic acids is 1. The molecule has 0 N–H and O–H groups in total. The lowest BCUT2D eigenvalue weighted by atomic mass is 10.1. The topological polar surface area (TPSA) is 63.7 Å². The number of amides is 1. The number of benzene rings is 2. The van der Waals surface area contributed by atoms with Gasteiger partial charge >= 0.3 is 10.1 Å². The van der Waals surface area contributed by atoms with E-state index in [1.807, 2.05) is 36.1 Å². The van der Waals surface area contributed by atoms with E-state index in [1.165, 1.54) is 0 Å². The molecule has 0 radical (unpaired) electrons. The molecule has 0 unspecified atom stereocenters. The lowest BCUT2D eigenvalue weighted by Crippen LogP contribution is -2.32. The lowest BCUT2D eigenvalue weighted by molar-refractivity contribution is 0.0734. The zero-order valence-electron chi connectivity index (χ0n) is 16.3. The summed E-state index contributed by atoms with van der Waals surface area (Å²) in [6.07, 6.45) is 1.92. The first-order valence-corrected chi connectivity index (χ1v) is 10.8. The molecular weight excluding hydrogens is 362 g/mol. The van der Waals surface area contributed by atoms with Gasteiger partial charge in [-0.2, -0.15) is 8.42 Å². The van der Waals surface area contributed by atoms with E-state index < -0.39 is 10.1 Å². The third-order valence-corrected chi connectivity index (χ3v) is 4.68. The Labute approximate surface area is 162 Å². The summed E-state index contributed by atoms with van der Waals surface area (Å²) in [5, 5.41) is 0. The van der Waals surface area contributed by atoms with E-state index >= 15 is 0 Å². The van der Waals surface area contributed by atoms with E-state index in [4.69, 9.17) is 4.18 Å². The van der Waals surface area contributed by atoms with Crippen LogP contribution in [0.4, 0.5) is 0 Å². The highest BCUT2D eigenvalue weighted by Crippen LogP contribution is 2.18. The summed E-state index contributed by atoms with van der Waals surface area (Å²) in [6, 6.07) is 14.4. The monoisotopic (exact) mass is 389 g/mol. The first-order chi connectivity index (χ1) is 12.7. The highest BCUT2D eigenvalue weighted by Gasteiger charge is 2.18. The Morgan fingerprint density at radius 3 is 2.26 bits per heavy atom. The van der Waals surface area contributed by atoms with Crippen LogP contribution < -0.4 is 4.18 Å². The molecule has 0 saturated heterocycles. The normalized spacial score (nSPS) is 11.4. The minimum absolute atomic E-state index is 0.00483. The molecule has 2 aromatic rings. The first kappa shape index (κ1) is 21.0. The van der Waals surface area contributed by atoms with Crippen molar-refractivity contribution in [2.24, 2.45) is 5.92 Å². The van der Waals surface area contributed by atoms with Gasteiger partial charge in [-0.25, -0.2) is 0 Å². The standard InChI is InChI=1S/C21H27NO4S/c1-16(2)13-14-22(21(23)20-8-6-5-7-17(20)3)15-18-9-11-19(12-10-18)26-27(4,24)25/h5-12,16H,13-15H2,1-4H3. The van der Waals surface area contributed by atoms with E-state index in [2.05, 4.69) is 13.8 Å². The van der Waals surface area contributed by atoms with Crippen molar-refractivity contribution in [2.45, 2.75) is 33.7 Å². The molecular formula is C21H27NO4S. The minimum Gasteiger partial charge on any atom is -0.383 e. The van der Waals surface area contributed by atoms with Gasteiger partial charge in [0.05, 0.1) is 6.26 Å². The summed E-state index contributed by atoms with van der Waals surface area (Å²) in [7, 11) is -3.55. The molecule has 0 fully saturated rings. The average Bonchev–Trinajstić information content (AvgIpc) is 2.58. The largest absolute Gasteiger partial charge is 0.383 e. The van der Waals surface area contributed by atoms with Crippen molar-refractivity contribution in [3.8, 4) is 5.75 Å². The number of aryl methyl sites for hydroxylation is 1. The Bertz CT molecular complexity index is 873. The maximum Gasteiger partial charge on any atom is 0.306 e. The fourth-order valence-corrected chi connectivity index (χ4v) is 3.16. The Kier molecular flexibility index (Phi) is 7.02. The predicted octanol–water partition coefficient (Wildman–Crippen LogP) is 4.02. The second-order valence-electron chi connectivity index (χ2n) is 7.16. The molecule has 0 aliphatic carbocycles. The van der Waals surface area contributed by atoms with Crippen molar-refractivity contribution in [1.29, 1.82) is 0 Å². The predicted molar refractivity (Wildman–Crippen MR) is 107 cm³/mol. The van der Waals surface area contributed by atoms with Crippen LogP contribution in [0.1, 0.15) is 41.8 Å². The third-order valence-electron chi connectivity index (χ3n) is 4.18. The van der Waals surface area contributed by atoms with E-state index in [0.717, 1.165) is 23.8 Å². The molecule has 0 heterocycles. The maximum absolute atomic E-state index is 13.1. The maximum atomic E-state index is 13.1. The smallest absolute Gasteiger partial charge is 0.306 e. The average molecular weight is 390 g/mol. The Hall–Kier alpha value is -2.34. The fourth-order valence-electron chi connectivity index (χ4n) is 2.70. The molecule has 6 heteroatoms. The van der Waals surface area contributed by atoms with Crippen LogP contribution in [0.2, 0.25) is 0 Å². The molecule has 2 aromatic carbocycles. The quantitative estimate of drug-likeness (QED) is 0.640. The molecule has 146 valence electrons. The third kappa shape index (κ3) is 6.71. The molecule has 0 aliphatic heterocycles. The Morgan fingerprint density at radius 2 is 1.70 bits per heavy atom. The van der Waals surface area contributed by atoms with Gasteiger partial charge in [0, 0.05) is 18.7 Å². The molecule has 0 saturated carbocycles. The molecule has 0 atom stereocenters. The first-order valence-electron chi connectivity index (χ1n) is 8.99. The number of hydrogen-bond donors (Lipinski definition) is 0. The summed E-state index contributed by atoms with van der Waals surface area (Å²) in [6.45, 7) is 7.32. The van der Waals surface area contributed by atoms with Gasteiger partial charge < -0.3 is 9.08 Å². The van der Waals surface area contributed by atoms with Crippen LogP contribution in [0.5, 0.6) is 5.75 Å². The van der Waals surface area contributed by atoms with Gasteiger partial charge in [-0.1, -0.05) is 44.2 Å². The Balaban J connectivity index is 2.19. The van der Waals surface area contributed by atoms with Crippen LogP contribution in [-0.4, -0.2) is 32.0 Å². The van der Waals surface area contributed by atoms with Crippen LogP contribution in [0.25, 0.3) is 0 Å². The second kappa shape index (κ2) is 9.04. The van der Waals surface area contributed by atoms with Crippen molar-refractivity contribution in [3.63, 3.8) is 0 Å². The van der Waals surface area contributed by atoms with Gasteiger partial charge in [0.25, 0.3) is 5.91 Å². The zero-order valence-corrected chi connectivity index (χ0v) is 17.1. The number of hydrogen-bond acceptors (Lipinski definition) is 4. The van der Waals surface area contributed by atoms with E-state index in [-0.39, 0.29) is 11.7 Å². The van der Waals surface area contributed by atoms with Gasteiger partial charge in [-0.15, -0.1) is 0 Å². The number of nitrogens with zero attached hydrogens (tertiary/aromatic N) is 1. The van der Waals surface area contributed by atoms with Gasteiger partial charge in [-0.3, -0.25) is 4.79 Å². The van der Waals surface area contributed by atoms with Crippen molar-refractivity contribution in [3.05, 3.63) is 65.2 Å². The zero-order chi connectivity index (χ0) is 20.0. The summed E-state index contributed by atoms with van der Waals surface area (Å²) >= 11 is 0. The van der Waals surface area contributed by atoms with Crippen LogP contribution in [0.3, 0.4) is 0 Å². The summed E-state index contributed by atoms with van der Waals surface area (Å²) in [5.74, 6) is 0.758. The molecule has 27 heavy (non-hydrogen) atoms. The van der Waals surface area contributed by atoms with E-state index in [1.54, 1.807) is 24.3 Å². The highest BCUT2D eigenvalue weighted by atomic mass is 32.2. The summed E-state index contributed by atoms with van der Waals surface area (Å²) < 4.78 is 27.3. The van der Waals surface area contributed by atoms with E-state index in [9.17, 15) is 13.2 Å². The highest BCUT2D eigenvalue weighted by molar-refractivity contribution is 7.86. The SMILES string of the molecule is Cc1ccccc1C(=O)N(CCC(C)C)Cc1ccc(OS(C)(=O)=O)cc1. The molecule has 2 rings (SSSR count). The minimum atomic E-state index is -3.55. The van der Waals surface area contributed by atoms with Gasteiger partial charge in [0.1, 0.15) is 5.75 Å². The van der Waals surface area contributed by atoms with Crippen molar-refractivity contribution < 1.29 is 17.4 Å². The molecule has 1 amide bonds. The second-order valence-corrected chi connectivity index (χ2v) is 8.73. The van der Waals surface area contributed by atoms with Crippen LogP contribution in [-0.2, 0) is 16.7 Å². The van der Waals surface area contributed by atoms with Gasteiger partial charge in [0.2, 0.25) is 0 Å². The van der Waals surface area contributed by atoms with Crippen LogP contribution in [0, 0.1) is 12.8 Å². The summed E-state index contributed by atoms with van der Waals surface area (Å²) in [4.78, 5) is 14.9. The molecule has 0 aliphatic rings. The van der Waals surface area contributed by atoms with Crippen molar-refractivity contribution >= 4 is 16.0 Å². The van der Waals surface area contributed by atoms with Gasteiger partial charge in [-0.05, 0) is 48.6 Å². The molecule has 0 aromatic heterocycles. The lowest BCUT2D eigenvalue weighted by Gasteiger charge is -2.24. The summed E-state index contributed by atoms with van der Waals surface area (Å²) in [5.41, 5.74) is 2.58.